The van der Waals surface area contributed by atoms with Crippen LogP contribution in [0.1, 0.15) is 47.0 Å². The Bertz CT molecular complexity index is 237. The van der Waals surface area contributed by atoms with Crippen molar-refractivity contribution in [2.45, 2.75) is 53.0 Å². The van der Waals surface area contributed by atoms with E-state index in [0.717, 1.165) is 18.4 Å². The number of rotatable bonds is 5. The van der Waals surface area contributed by atoms with E-state index in [0.29, 0.717) is 11.5 Å². The molecule has 2 nitrogen and oxygen atoms in total. The van der Waals surface area contributed by atoms with Crippen LogP contribution in [0.4, 0.5) is 0 Å². The second-order valence-corrected chi connectivity index (χ2v) is 6.91. The molecule has 0 radical (unpaired) electrons. The summed E-state index contributed by atoms with van der Waals surface area (Å²) in [4.78, 5) is 2.72. The first-order chi connectivity index (χ1) is 8.03. The molecular weight excluding hydrogens is 208 g/mol. The van der Waals surface area contributed by atoms with Crippen LogP contribution in [0.2, 0.25) is 0 Å². The summed E-state index contributed by atoms with van der Waals surface area (Å²) in [6.07, 6.45) is 4.47. The van der Waals surface area contributed by atoms with Crippen LogP contribution in [-0.4, -0.2) is 37.1 Å². The third kappa shape index (κ3) is 3.03. The summed E-state index contributed by atoms with van der Waals surface area (Å²) < 4.78 is 0. The smallest absolute Gasteiger partial charge is 0.0102 e. The fourth-order valence-corrected chi connectivity index (χ4v) is 3.76. The van der Waals surface area contributed by atoms with Crippen molar-refractivity contribution in [1.29, 1.82) is 0 Å². The quantitative estimate of drug-likeness (QED) is 0.792. The molecule has 2 aliphatic rings. The van der Waals surface area contributed by atoms with Crippen molar-refractivity contribution >= 4 is 0 Å². The molecule has 1 N–H and O–H groups in total. The molecule has 3 unspecified atom stereocenters. The third-order valence-electron chi connectivity index (χ3n) is 5.12. The number of nitrogens with one attached hydrogen (secondary N) is 1. The van der Waals surface area contributed by atoms with E-state index in [-0.39, 0.29) is 0 Å². The zero-order chi connectivity index (χ0) is 12.5. The van der Waals surface area contributed by atoms with Crippen molar-refractivity contribution < 1.29 is 0 Å². The minimum atomic E-state index is 0.384. The summed E-state index contributed by atoms with van der Waals surface area (Å²) in [6, 6.07) is 0.605. The van der Waals surface area contributed by atoms with Gasteiger partial charge in [-0.05, 0) is 43.6 Å². The Labute approximate surface area is 107 Å². The summed E-state index contributed by atoms with van der Waals surface area (Å²) in [5.74, 6) is 2.06. The van der Waals surface area contributed by atoms with Crippen LogP contribution in [0.3, 0.4) is 0 Å². The number of hydrogen-bond donors (Lipinski definition) is 1. The molecule has 0 aromatic rings. The average Bonchev–Trinajstić information content (AvgIpc) is 2.77. The van der Waals surface area contributed by atoms with Gasteiger partial charge in [0.2, 0.25) is 0 Å². The Balaban J connectivity index is 1.84. The highest BCUT2D eigenvalue weighted by Gasteiger charge is 2.38. The highest BCUT2D eigenvalue weighted by Crippen LogP contribution is 2.39. The van der Waals surface area contributed by atoms with Crippen LogP contribution in [0.5, 0.6) is 0 Å². The molecule has 100 valence electrons. The van der Waals surface area contributed by atoms with E-state index >= 15 is 0 Å². The zero-order valence-corrected chi connectivity index (χ0v) is 12.1. The molecule has 1 aliphatic carbocycles. The summed E-state index contributed by atoms with van der Waals surface area (Å²) >= 11 is 0. The minimum Gasteiger partial charge on any atom is -0.314 e. The summed E-state index contributed by atoms with van der Waals surface area (Å²) in [7, 11) is 0. The van der Waals surface area contributed by atoms with Crippen LogP contribution in [-0.2, 0) is 0 Å². The average molecular weight is 238 g/mol. The van der Waals surface area contributed by atoms with Gasteiger partial charge in [-0.2, -0.15) is 0 Å². The molecule has 0 amide bonds. The van der Waals surface area contributed by atoms with E-state index in [2.05, 4.69) is 37.9 Å². The molecule has 2 heteroatoms. The van der Waals surface area contributed by atoms with Gasteiger partial charge < -0.3 is 10.2 Å². The molecule has 0 bridgehead atoms. The van der Waals surface area contributed by atoms with E-state index in [1.54, 1.807) is 0 Å². The first-order valence-corrected chi connectivity index (χ1v) is 7.48. The molecule has 0 spiro atoms. The number of fused-ring (bicyclic) bond motifs is 1. The first-order valence-electron chi connectivity index (χ1n) is 7.48. The molecule has 17 heavy (non-hydrogen) atoms. The lowest BCUT2D eigenvalue weighted by Gasteiger charge is -2.36. The topological polar surface area (TPSA) is 15.3 Å². The van der Waals surface area contributed by atoms with E-state index in [1.165, 1.54) is 38.9 Å². The summed E-state index contributed by atoms with van der Waals surface area (Å²) in [6.45, 7) is 14.4. The van der Waals surface area contributed by atoms with Gasteiger partial charge in [-0.15, -0.1) is 0 Å². The Kier molecular flexibility index (Phi) is 4.14. The lowest BCUT2D eigenvalue weighted by molar-refractivity contribution is 0.157. The van der Waals surface area contributed by atoms with Crippen LogP contribution in [0.15, 0.2) is 0 Å². The van der Waals surface area contributed by atoms with Crippen LogP contribution in [0, 0.1) is 17.3 Å². The van der Waals surface area contributed by atoms with Crippen molar-refractivity contribution in [3.63, 3.8) is 0 Å². The second-order valence-electron chi connectivity index (χ2n) is 6.91. The SMILES string of the molecule is CCNC(C)C(C)(C)CN1CC2CCCC2C1. The van der Waals surface area contributed by atoms with Gasteiger partial charge >= 0.3 is 0 Å². The van der Waals surface area contributed by atoms with E-state index in [9.17, 15) is 0 Å². The molecule has 1 saturated carbocycles. The molecular formula is C15H30N2. The molecule has 2 rings (SSSR count). The fourth-order valence-electron chi connectivity index (χ4n) is 3.76. The monoisotopic (exact) mass is 238 g/mol. The molecule has 0 aromatic heterocycles. The molecule has 1 aliphatic heterocycles. The molecule has 1 heterocycles. The van der Waals surface area contributed by atoms with Crippen molar-refractivity contribution in [2.75, 3.05) is 26.2 Å². The van der Waals surface area contributed by atoms with E-state index < -0.39 is 0 Å². The first kappa shape index (κ1) is 13.4. The predicted octanol–water partition coefficient (Wildman–Crippen LogP) is 2.74. The van der Waals surface area contributed by atoms with Gasteiger partial charge in [-0.3, -0.25) is 0 Å². The maximum absolute atomic E-state index is 3.58. The van der Waals surface area contributed by atoms with Crippen LogP contribution < -0.4 is 5.32 Å². The Hall–Kier alpha value is -0.0800. The maximum Gasteiger partial charge on any atom is 0.0102 e. The van der Waals surface area contributed by atoms with Gasteiger partial charge in [-0.25, -0.2) is 0 Å². The Morgan fingerprint density at radius 1 is 1.24 bits per heavy atom. The normalized spacial score (nSPS) is 31.8. The van der Waals surface area contributed by atoms with E-state index in [1.807, 2.05) is 0 Å². The molecule has 2 fully saturated rings. The van der Waals surface area contributed by atoms with Gasteiger partial charge in [0, 0.05) is 25.7 Å². The predicted molar refractivity (Wildman–Crippen MR) is 74.2 cm³/mol. The lowest BCUT2D eigenvalue weighted by atomic mass is 9.84. The molecule has 1 saturated heterocycles. The van der Waals surface area contributed by atoms with Gasteiger partial charge in [0.1, 0.15) is 0 Å². The van der Waals surface area contributed by atoms with Crippen molar-refractivity contribution in [3.05, 3.63) is 0 Å². The zero-order valence-electron chi connectivity index (χ0n) is 12.1. The van der Waals surface area contributed by atoms with Gasteiger partial charge in [0.05, 0.1) is 0 Å². The van der Waals surface area contributed by atoms with Gasteiger partial charge in [-0.1, -0.05) is 27.2 Å². The number of nitrogens with zero attached hydrogens (tertiary/aromatic N) is 1. The van der Waals surface area contributed by atoms with Crippen molar-refractivity contribution in [3.8, 4) is 0 Å². The highest BCUT2D eigenvalue weighted by molar-refractivity contribution is 4.92. The second kappa shape index (κ2) is 5.27. The number of likely N-dealkylation sites (tertiary alicyclic amines) is 1. The van der Waals surface area contributed by atoms with Crippen LogP contribution >= 0.6 is 0 Å². The standard InChI is InChI=1S/C15H30N2/c1-5-16-12(2)15(3,4)11-17-9-13-7-6-8-14(13)10-17/h12-14,16H,5-11H2,1-4H3. The van der Waals surface area contributed by atoms with Crippen molar-refractivity contribution in [1.82, 2.24) is 10.2 Å². The Morgan fingerprint density at radius 2 is 1.82 bits per heavy atom. The lowest BCUT2D eigenvalue weighted by Crippen LogP contribution is -2.46. The van der Waals surface area contributed by atoms with Gasteiger partial charge in [0.25, 0.3) is 0 Å². The fraction of sp³-hybridized carbons (Fsp3) is 1.00. The third-order valence-corrected chi connectivity index (χ3v) is 5.12. The van der Waals surface area contributed by atoms with E-state index in [4.69, 9.17) is 0 Å². The van der Waals surface area contributed by atoms with Crippen molar-refractivity contribution in [2.24, 2.45) is 17.3 Å². The highest BCUT2D eigenvalue weighted by atomic mass is 15.2. The Morgan fingerprint density at radius 3 is 2.35 bits per heavy atom. The summed E-state index contributed by atoms with van der Waals surface area (Å²) in [5.41, 5.74) is 0.384. The summed E-state index contributed by atoms with van der Waals surface area (Å²) in [5, 5.41) is 3.58. The van der Waals surface area contributed by atoms with Gasteiger partial charge in [0.15, 0.2) is 0 Å². The van der Waals surface area contributed by atoms with Crippen LogP contribution in [0.25, 0.3) is 0 Å². The minimum absolute atomic E-state index is 0.384. The largest absolute Gasteiger partial charge is 0.314 e. The number of hydrogen-bond acceptors (Lipinski definition) is 2. The molecule has 3 atom stereocenters. The maximum atomic E-state index is 3.58. The molecule has 0 aromatic carbocycles.